The number of aromatic nitrogens is 4. The Labute approximate surface area is 182 Å². The van der Waals surface area contributed by atoms with Gasteiger partial charge >= 0.3 is 0 Å². The van der Waals surface area contributed by atoms with Crippen molar-refractivity contribution in [2.45, 2.75) is 39.2 Å². The molecule has 0 saturated carbocycles. The lowest BCUT2D eigenvalue weighted by atomic mass is 10.1. The molecule has 0 radical (unpaired) electrons. The standard InChI is InChI=1S/C23H30N6O2/c1-5-31-18-8-9-20-19(13-18)16(2)25-23(26-20)29-11-6-7-21(29)22(30)27(3)12-10-17-14-24-28(4)15-17/h8-9,13-15,21H,5-7,10-12H2,1-4H3/t21-/m1/s1. The number of ether oxygens (including phenoxy) is 1. The molecule has 8 nitrogen and oxygen atoms in total. The van der Waals surface area contributed by atoms with Gasteiger partial charge in [0, 0.05) is 38.8 Å². The zero-order valence-electron chi connectivity index (χ0n) is 18.7. The average molecular weight is 423 g/mol. The second kappa shape index (κ2) is 8.91. The van der Waals surface area contributed by atoms with E-state index in [4.69, 9.17) is 14.7 Å². The van der Waals surface area contributed by atoms with Crippen LogP contribution in [0.5, 0.6) is 5.75 Å². The molecule has 31 heavy (non-hydrogen) atoms. The largest absolute Gasteiger partial charge is 0.494 e. The van der Waals surface area contributed by atoms with Crippen LogP contribution in [-0.4, -0.2) is 63.3 Å². The first-order valence-corrected chi connectivity index (χ1v) is 10.9. The number of carbonyl (C=O) groups excluding carboxylic acids is 1. The fourth-order valence-corrected chi connectivity index (χ4v) is 4.16. The van der Waals surface area contributed by atoms with Gasteiger partial charge in [0.25, 0.3) is 0 Å². The lowest BCUT2D eigenvalue weighted by Crippen LogP contribution is -2.45. The normalized spacial score (nSPS) is 16.1. The van der Waals surface area contributed by atoms with E-state index in [-0.39, 0.29) is 11.9 Å². The molecule has 0 aliphatic carbocycles. The van der Waals surface area contributed by atoms with Crippen LogP contribution in [0.4, 0.5) is 5.95 Å². The molecule has 1 aromatic carbocycles. The number of hydrogen-bond donors (Lipinski definition) is 0. The van der Waals surface area contributed by atoms with Gasteiger partial charge in [-0.3, -0.25) is 9.48 Å². The molecule has 1 saturated heterocycles. The van der Waals surface area contributed by atoms with E-state index in [0.29, 0.717) is 19.1 Å². The first-order valence-electron chi connectivity index (χ1n) is 10.9. The minimum absolute atomic E-state index is 0.120. The highest BCUT2D eigenvalue weighted by Gasteiger charge is 2.34. The lowest BCUT2D eigenvalue weighted by Gasteiger charge is -2.28. The van der Waals surface area contributed by atoms with Crippen molar-refractivity contribution >= 4 is 22.8 Å². The summed E-state index contributed by atoms with van der Waals surface area (Å²) in [4.78, 5) is 26.6. The third-order valence-corrected chi connectivity index (χ3v) is 5.82. The monoisotopic (exact) mass is 422 g/mol. The summed E-state index contributed by atoms with van der Waals surface area (Å²) in [6.07, 6.45) is 6.40. The number of benzene rings is 1. The number of fused-ring (bicyclic) bond motifs is 1. The van der Waals surface area contributed by atoms with Crippen molar-refractivity contribution in [3.05, 3.63) is 41.9 Å². The summed E-state index contributed by atoms with van der Waals surface area (Å²) in [5, 5.41) is 5.18. The van der Waals surface area contributed by atoms with Gasteiger partial charge in [-0.15, -0.1) is 0 Å². The van der Waals surface area contributed by atoms with Crippen LogP contribution < -0.4 is 9.64 Å². The molecule has 1 fully saturated rings. The van der Waals surface area contributed by atoms with E-state index in [9.17, 15) is 4.79 Å². The number of rotatable bonds is 7. The fourth-order valence-electron chi connectivity index (χ4n) is 4.16. The van der Waals surface area contributed by atoms with E-state index >= 15 is 0 Å². The SMILES string of the molecule is CCOc1ccc2nc(N3CCC[C@@H]3C(=O)N(C)CCc3cnn(C)c3)nc(C)c2c1. The van der Waals surface area contributed by atoms with Crippen molar-refractivity contribution in [1.29, 1.82) is 0 Å². The molecule has 1 atom stereocenters. The molecule has 3 aromatic rings. The summed E-state index contributed by atoms with van der Waals surface area (Å²) < 4.78 is 7.39. The van der Waals surface area contributed by atoms with Crippen LogP contribution in [-0.2, 0) is 18.3 Å². The van der Waals surface area contributed by atoms with Crippen LogP contribution in [0.3, 0.4) is 0 Å². The Bertz CT molecular complexity index is 1080. The Balaban J connectivity index is 1.51. The summed E-state index contributed by atoms with van der Waals surface area (Å²) in [5.74, 6) is 1.57. The highest BCUT2D eigenvalue weighted by Crippen LogP contribution is 2.28. The second-order valence-corrected chi connectivity index (χ2v) is 8.10. The van der Waals surface area contributed by atoms with Gasteiger partial charge in [-0.25, -0.2) is 9.97 Å². The lowest BCUT2D eigenvalue weighted by molar-refractivity contribution is -0.131. The number of anilines is 1. The quantitative estimate of drug-likeness (QED) is 0.583. The van der Waals surface area contributed by atoms with Crippen molar-refractivity contribution in [2.24, 2.45) is 7.05 Å². The summed E-state index contributed by atoms with van der Waals surface area (Å²) in [5.41, 5.74) is 2.89. The molecular weight excluding hydrogens is 392 g/mol. The Morgan fingerprint density at radius 3 is 2.90 bits per heavy atom. The molecule has 164 valence electrons. The first-order chi connectivity index (χ1) is 15.0. The Hall–Kier alpha value is -3.16. The second-order valence-electron chi connectivity index (χ2n) is 8.10. The van der Waals surface area contributed by atoms with Gasteiger partial charge < -0.3 is 14.5 Å². The minimum Gasteiger partial charge on any atom is -0.494 e. The van der Waals surface area contributed by atoms with Crippen molar-refractivity contribution in [2.75, 3.05) is 31.6 Å². The van der Waals surface area contributed by atoms with Crippen molar-refractivity contribution in [3.63, 3.8) is 0 Å². The zero-order chi connectivity index (χ0) is 22.0. The summed E-state index contributed by atoms with van der Waals surface area (Å²) in [7, 11) is 3.77. The number of nitrogens with zero attached hydrogens (tertiary/aromatic N) is 6. The maximum atomic E-state index is 13.2. The van der Waals surface area contributed by atoms with Crippen LogP contribution in [0.1, 0.15) is 31.0 Å². The molecular formula is C23H30N6O2. The number of aryl methyl sites for hydroxylation is 2. The maximum Gasteiger partial charge on any atom is 0.245 e. The van der Waals surface area contributed by atoms with Crippen LogP contribution in [0.25, 0.3) is 10.9 Å². The van der Waals surface area contributed by atoms with E-state index in [1.165, 1.54) is 0 Å². The number of amides is 1. The van der Waals surface area contributed by atoms with Gasteiger partial charge in [-0.1, -0.05) is 0 Å². The smallest absolute Gasteiger partial charge is 0.245 e. The molecule has 0 bridgehead atoms. The topological polar surface area (TPSA) is 76.4 Å². The van der Waals surface area contributed by atoms with Crippen LogP contribution in [0.2, 0.25) is 0 Å². The van der Waals surface area contributed by atoms with E-state index < -0.39 is 0 Å². The summed E-state index contributed by atoms with van der Waals surface area (Å²) in [6, 6.07) is 5.65. The van der Waals surface area contributed by atoms with Gasteiger partial charge in [-0.2, -0.15) is 5.10 Å². The van der Waals surface area contributed by atoms with E-state index in [1.807, 2.05) is 63.4 Å². The van der Waals surface area contributed by atoms with Gasteiger partial charge in [0.15, 0.2) is 0 Å². The molecule has 1 aliphatic rings. The molecule has 3 heterocycles. The average Bonchev–Trinajstić information content (AvgIpc) is 3.41. The maximum absolute atomic E-state index is 13.2. The third-order valence-electron chi connectivity index (χ3n) is 5.82. The first kappa shape index (κ1) is 21.1. The molecule has 0 unspecified atom stereocenters. The third kappa shape index (κ3) is 4.47. The number of carbonyl (C=O) groups is 1. The molecule has 4 rings (SSSR count). The molecule has 1 amide bonds. The highest BCUT2D eigenvalue weighted by molar-refractivity contribution is 5.87. The van der Waals surface area contributed by atoms with Crippen molar-refractivity contribution < 1.29 is 9.53 Å². The highest BCUT2D eigenvalue weighted by atomic mass is 16.5. The van der Waals surface area contributed by atoms with Gasteiger partial charge in [0.05, 0.1) is 24.0 Å². The molecule has 2 aromatic heterocycles. The fraction of sp³-hybridized carbons (Fsp3) is 0.478. The van der Waals surface area contributed by atoms with E-state index in [0.717, 1.165) is 53.7 Å². The Kier molecular flexibility index (Phi) is 6.06. The molecule has 1 aliphatic heterocycles. The van der Waals surface area contributed by atoms with E-state index in [2.05, 4.69) is 10.00 Å². The molecule has 0 N–H and O–H groups in total. The number of likely N-dealkylation sites (N-methyl/N-ethyl adjacent to an activating group) is 1. The predicted octanol–water partition coefficient (Wildman–Crippen LogP) is 2.74. The minimum atomic E-state index is -0.224. The molecule has 8 heteroatoms. The van der Waals surface area contributed by atoms with Crippen LogP contribution in [0, 0.1) is 6.92 Å². The van der Waals surface area contributed by atoms with Crippen molar-refractivity contribution in [3.8, 4) is 5.75 Å². The number of hydrogen-bond acceptors (Lipinski definition) is 6. The van der Waals surface area contributed by atoms with Gasteiger partial charge in [0.1, 0.15) is 11.8 Å². The van der Waals surface area contributed by atoms with E-state index in [1.54, 1.807) is 4.68 Å². The van der Waals surface area contributed by atoms with Crippen LogP contribution in [0.15, 0.2) is 30.6 Å². The predicted molar refractivity (Wildman–Crippen MR) is 120 cm³/mol. The van der Waals surface area contributed by atoms with Gasteiger partial charge in [0.2, 0.25) is 11.9 Å². The van der Waals surface area contributed by atoms with Gasteiger partial charge in [-0.05, 0) is 56.9 Å². The van der Waals surface area contributed by atoms with Crippen LogP contribution >= 0.6 is 0 Å². The summed E-state index contributed by atoms with van der Waals surface area (Å²) >= 11 is 0. The summed E-state index contributed by atoms with van der Waals surface area (Å²) in [6.45, 7) is 6.02. The Morgan fingerprint density at radius 1 is 1.32 bits per heavy atom. The zero-order valence-corrected chi connectivity index (χ0v) is 18.7. The Morgan fingerprint density at radius 2 is 2.16 bits per heavy atom. The van der Waals surface area contributed by atoms with Crippen molar-refractivity contribution in [1.82, 2.24) is 24.6 Å². The molecule has 0 spiro atoms.